The van der Waals surface area contributed by atoms with Crippen molar-refractivity contribution in [2.45, 2.75) is 12.5 Å². The molecule has 126 valence electrons. The molecule has 0 aliphatic rings. The summed E-state index contributed by atoms with van der Waals surface area (Å²) in [6, 6.07) is 9.89. The fourth-order valence-corrected chi connectivity index (χ4v) is 2.30. The topological polar surface area (TPSA) is 129 Å². The van der Waals surface area contributed by atoms with Crippen molar-refractivity contribution in [1.82, 2.24) is 19.5 Å². The number of imidazole rings is 1. The predicted molar refractivity (Wildman–Crippen MR) is 85.0 cm³/mol. The third-order valence-corrected chi connectivity index (χ3v) is 3.53. The number of methoxy groups -OCH3 is 2. The molecule has 0 saturated carbocycles. The van der Waals surface area contributed by atoms with E-state index >= 15 is 0 Å². The molecule has 0 aliphatic carbocycles. The van der Waals surface area contributed by atoms with Crippen molar-refractivity contribution in [3.63, 3.8) is 0 Å². The van der Waals surface area contributed by atoms with Gasteiger partial charge in [-0.25, -0.2) is 9.97 Å². The molecule has 3 aromatic rings. The normalized spacial score (nSPS) is 11.8. The van der Waals surface area contributed by atoms with Crippen LogP contribution in [0.4, 0.5) is 5.82 Å². The van der Waals surface area contributed by atoms with E-state index in [2.05, 4.69) is 19.7 Å². The van der Waals surface area contributed by atoms with Crippen molar-refractivity contribution in [2.75, 3.05) is 20.0 Å². The monoisotopic (exact) mass is 331 g/mol. The molecule has 0 bridgehead atoms. The summed E-state index contributed by atoms with van der Waals surface area (Å²) in [7, 11) is 2.59. The second kappa shape index (κ2) is 6.04. The highest BCUT2D eigenvalue weighted by molar-refractivity contribution is 5.83. The van der Waals surface area contributed by atoms with Crippen molar-refractivity contribution in [3.8, 4) is 6.01 Å². The summed E-state index contributed by atoms with van der Waals surface area (Å²) in [6.45, 7) is 0.410. The molecular formula is C15H17N5O4. The number of nitrogens with two attached hydrogens (primary N) is 1. The summed E-state index contributed by atoms with van der Waals surface area (Å²) in [6.07, 6.45) is 0. The Morgan fingerprint density at radius 1 is 1.12 bits per heavy atom. The molecule has 0 unspecified atom stereocenters. The summed E-state index contributed by atoms with van der Waals surface area (Å²) in [5.74, 6) is -3.05. The van der Waals surface area contributed by atoms with Crippen LogP contribution in [0.25, 0.3) is 11.2 Å². The Bertz CT molecular complexity index is 863. The van der Waals surface area contributed by atoms with Gasteiger partial charge in [0, 0.05) is 7.11 Å². The molecule has 0 saturated heterocycles. The Labute approximate surface area is 137 Å². The van der Waals surface area contributed by atoms with Gasteiger partial charge in [0.2, 0.25) is 5.82 Å². The Balaban J connectivity index is 2.19. The molecular weight excluding hydrogens is 314 g/mol. The Morgan fingerprint density at radius 3 is 2.46 bits per heavy atom. The lowest BCUT2D eigenvalue weighted by atomic mass is 10.2. The van der Waals surface area contributed by atoms with E-state index in [1.54, 1.807) is 4.57 Å². The van der Waals surface area contributed by atoms with E-state index in [-0.39, 0.29) is 17.7 Å². The average molecular weight is 331 g/mol. The molecule has 4 N–H and O–H groups in total. The van der Waals surface area contributed by atoms with Crippen LogP contribution in [0.1, 0.15) is 11.4 Å². The van der Waals surface area contributed by atoms with E-state index < -0.39 is 5.97 Å². The lowest BCUT2D eigenvalue weighted by Gasteiger charge is -2.17. The molecule has 1 aromatic carbocycles. The van der Waals surface area contributed by atoms with Crippen LogP contribution < -0.4 is 10.5 Å². The number of anilines is 1. The largest absolute Gasteiger partial charge is 0.468 e. The first-order chi connectivity index (χ1) is 11.5. The van der Waals surface area contributed by atoms with Crippen molar-refractivity contribution in [1.29, 1.82) is 0 Å². The number of benzene rings is 1. The SMILES string of the molecule is COc1nc2c(N)nc(C(O)(O)OC)nc2n1Cc1ccccc1. The average Bonchev–Trinajstić information content (AvgIpc) is 2.94. The van der Waals surface area contributed by atoms with Crippen LogP contribution in [-0.2, 0) is 17.3 Å². The predicted octanol–water partition coefficient (Wildman–Crippen LogP) is 0.207. The van der Waals surface area contributed by atoms with Gasteiger partial charge in [0.05, 0.1) is 13.7 Å². The molecule has 9 nitrogen and oxygen atoms in total. The van der Waals surface area contributed by atoms with E-state index in [0.29, 0.717) is 17.7 Å². The van der Waals surface area contributed by atoms with Gasteiger partial charge >= 0.3 is 5.97 Å². The zero-order valence-corrected chi connectivity index (χ0v) is 13.2. The number of aliphatic hydroxyl groups is 2. The number of nitrogens with zero attached hydrogens (tertiary/aromatic N) is 4. The van der Waals surface area contributed by atoms with Crippen molar-refractivity contribution >= 4 is 17.0 Å². The second-order valence-electron chi connectivity index (χ2n) is 5.09. The van der Waals surface area contributed by atoms with Gasteiger partial charge in [-0.2, -0.15) is 4.98 Å². The number of nitrogen functional groups attached to an aromatic ring is 1. The van der Waals surface area contributed by atoms with Gasteiger partial charge in [-0.3, -0.25) is 4.57 Å². The molecule has 2 aromatic heterocycles. The summed E-state index contributed by atoms with van der Waals surface area (Å²) in [5, 5.41) is 19.6. The molecule has 9 heteroatoms. The summed E-state index contributed by atoms with van der Waals surface area (Å²) >= 11 is 0. The lowest BCUT2D eigenvalue weighted by molar-refractivity contribution is -0.343. The van der Waals surface area contributed by atoms with Gasteiger partial charge in [-0.15, -0.1) is 0 Å². The molecule has 24 heavy (non-hydrogen) atoms. The highest BCUT2D eigenvalue weighted by Gasteiger charge is 2.32. The zero-order valence-electron chi connectivity index (χ0n) is 13.2. The van der Waals surface area contributed by atoms with E-state index in [1.807, 2.05) is 30.3 Å². The summed E-state index contributed by atoms with van der Waals surface area (Å²) < 4.78 is 11.5. The van der Waals surface area contributed by atoms with Gasteiger partial charge in [0.15, 0.2) is 17.0 Å². The highest BCUT2D eigenvalue weighted by atomic mass is 16.8. The smallest absolute Gasteiger partial charge is 0.343 e. The molecule has 0 aliphatic heterocycles. The number of fused-ring (bicyclic) bond motifs is 1. The molecule has 0 atom stereocenters. The van der Waals surface area contributed by atoms with Crippen LogP contribution in [0.5, 0.6) is 6.01 Å². The van der Waals surface area contributed by atoms with Crippen LogP contribution in [0, 0.1) is 0 Å². The van der Waals surface area contributed by atoms with E-state index in [4.69, 9.17) is 10.5 Å². The fourth-order valence-electron chi connectivity index (χ4n) is 2.30. The quantitative estimate of drug-likeness (QED) is 0.566. The van der Waals surface area contributed by atoms with Gasteiger partial charge < -0.3 is 25.4 Å². The Kier molecular flexibility index (Phi) is 4.06. The minimum absolute atomic E-state index is 0.00960. The molecule has 0 fully saturated rings. The second-order valence-corrected chi connectivity index (χ2v) is 5.09. The summed E-state index contributed by atoms with van der Waals surface area (Å²) in [4.78, 5) is 12.3. The number of hydrogen-bond donors (Lipinski definition) is 3. The molecule has 3 rings (SSSR count). The van der Waals surface area contributed by atoms with Crippen LogP contribution >= 0.6 is 0 Å². The zero-order chi connectivity index (χ0) is 17.3. The number of aromatic nitrogens is 4. The van der Waals surface area contributed by atoms with Gasteiger partial charge in [0.25, 0.3) is 6.01 Å². The van der Waals surface area contributed by atoms with Gasteiger partial charge in [-0.1, -0.05) is 30.3 Å². The lowest BCUT2D eigenvalue weighted by Crippen LogP contribution is -2.30. The van der Waals surface area contributed by atoms with Crippen molar-refractivity contribution < 1.29 is 19.7 Å². The first-order valence-electron chi connectivity index (χ1n) is 7.08. The number of hydrogen-bond acceptors (Lipinski definition) is 8. The maximum Gasteiger partial charge on any atom is 0.343 e. The fraction of sp³-hybridized carbons (Fsp3) is 0.267. The van der Waals surface area contributed by atoms with Crippen molar-refractivity contribution in [2.24, 2.45) is 0 Å². The number of rotatable bonds is 5. The maximum atomic E-state index is 9.81. The molecule has 2 heterocycles. The number of ether oxygens (including phenoxy) is 2. The minimum atomic E-state index is -2.66. The Hall–Kier alpha value is -2.75. The molecule has 0 spiro atoms. The third-order valence-electron chi connectivity index (χ3n) is 3.53. The first-order valence-corrected chi connectivity index (χ1v) is 7.08. The van der Waals surface area contributed by atoms with Gasteiger partial charge in [-0.05, 0) is 5.56 Å². The first kappa shape index (κ1) is 16.1. The molecule has 0 radical (unpaired) electrons. The maximum absolute atomic E-state index is 9.81. The standard InChI is InChI=1S/C15H17N5O4/c1-23-14-17-10-11(16)18-13(15(21,22)24-2)19-12(10)20(14)8-9-6-4-3-5-7-9/h3-7,21-22H,8H2,1-2H3,(H2,16,18,19). The highest BCUT2D eigenvalue weighted by Crippen LogP contribution is 2.27. The van der Waals surface area contributed by atoms with Crippen molar-refractivity contribution in [3.05, 3.63) is 41.7 Å². The van der Waals surface area contributed by atoms with Crippen LogP contribution in [0.3, 0.4) is 0 Å². The molecule has 0 amide bonds. The Morgan fingerprint density at radius 2 is 1.83 bits per heavy atom. The van der Waals surface area contributed by atoms with E-state index in [9.17, 15) is 10.2 Å². The van der Waals surface area contributed by atoms with Crippen LogP contribution in [-0.4, -0.2) is 44.0 Å². The summed E-state index contributed by atoms with van der Waals surface area (Å²) in [5.41, 5.74) is 7.48. The van der Waals surface area contributed by atoms with Crippen LogP contribution in [0.15, 0.2) is 30.3 Å². The third kappa shape index (κ3) is 2.75. The van der Waals surface area contributed by atoms with Crippen LogP contribution in [0.2, 0.25) is 0 Å². The van der Waals surface area contributed by atoms with E-state index in [0.717, 1.165) is 12.7 Å². The van der Waals surface area contributed by atoms with Gasteiger partial charge in [0.1, 0.15) is 0 Å². The minimum Gasteiger partial charge on any atom is -0.468 e. The van der Waals surface area contributed by atoms with E-state index in [1.165, 1.54) is 7.11 Å².